The van der Waals surface area contributed by atoms with Gasteiger partial charge < -0.3 is 15.7 Å². The van der Waals surface area contributed by atoms with Crippen LogP contribution in [0.3, 0.4) is 0 Å². The van der Waals surface area contributed by atoms with Crippen LogP contribution in [0.5, 0.6) is 0 Å². The Balaban J connectivity index is 1.84. The molecule has 1 atom stereocenters. The summed E-state index contributed by atoms with van der Waals surface area (Å²) in [6.45, 7) is -0.0772. The van der Waals surface area contributed by atoms with Crippen LogP contribution in [0.4, 0.5) is 10.1 Å². The molecule has 2 rings (SSSR count). The highest BCUT2D eigenvalue weighted by atomic mass is 32.1. The molecule has 1 heterocycles. The number of rotatable bonds is 4. The largest absolute Gasteiger partial charge is 0.387 e. The van der Waals surface area contributed by atoms with Gasteiger partial charge in [-0.2, -0.15) is 11.3 Å². The van der Waals surface area contributed by atoms with Gasteiger partial charge in [-0.15, -0.1) is 0 Å². The molecule has 0 radical (unpaired) electrons. The maximum atomic E-state index is 12.9. The first-order valence-electron chi connectivity index (χ1n) is 6.11. The molecular weight excluding hydrogens is 295 g/mol. The Morgan fingerprint density at radius 1 is 1.29 bits per heavy atom. The zero-order valence-electron chi connectivity index (χ0n) is 10.9. The summed E-state index contributed by atoms with van der Waals surface area (Å²) in [7, 11) is 0. The summed E-state index contributed by atoms with van der Waals surface area (Å²) >= 11 is 1.42. The third kappa shape index (κ3) is 4.37. The number of benzene rings is 1. The zero-order valence-corrected chi connectivity index (χ0v) is 11.7. The second-order valence-electron chi connectivity index (χ2n) is 4.25. The van der Waals surface area contributed by atoms with Gasteiger partial charge in [-0.3, -0.25) is 9.59 Å². The number of aliphatic hydroxyl groups excluding tert-OH is 1. The standard InChI is InChI=1S/C14H13FN2O3S/c15-10-2-1-3-11(6-10)17-14(20)13(19)16-7-12(18)9-4-5-21-8-9/h1-6,8,12,18H,7H2,(H,16,19)(H,17,20). The fraction of sp³-hybridized carbons (Fsp3) is 0.143. The second-order valence-corrected chi connectivity index (χ2v) is 5.03. The SMILES string of the molecule is O=C(NCC(O)c1ccsc1)C(=O)Nc1cccc(F)c1. The van der Waals surface area contributed by atoms with Crippen LogP contribution < -0.4 is 10.6 Å². The predicted octanol–water partition coefficient (Wildman–Crippen LogP) is 1.68. The van der Waals surface area contributed by atoms with Gasteiger partial charge in [-0.25, -0.2) is 4.39 Å². The summed E-state index contributed by atoms with van der Waals surface area (Å²) in [6.07, 6.45) is -0.873. The van der Waals surface area contributed by atoms with Crippen molar-refractivity contribution in [3.05, 3.63) is 52.5 Å². The van der Waals surface area contributed by atoms with Crippen molar-refractivity contribution in [2.24, 2.45) is 0 Å². The minimum atomic E-state index is -0.918. The highest BCUT2D eigenvalue weighted by Gasteiger charge is 2.16. The van der Waals surface area contributed by atoms with Crippen LogP contribution in [0.1, 0.15) is 11.7 Å². The highest BCUT2D eigenvalue weighted by molar-refractivity contribution is 7.07. The van der Waals surface area contributed by atoms with Crippen LogP contribution >= 0.6 is 11.3 Å². The highest BCUT2D eigenvalue weighted by Crippen LogP contribution is 2.15. The number of nitrogens with one attached hydrogen (secondary N) is 2. The molecule has 1 unspecified atom stereocenters. The molecular formula is C14H13FN2O3S. The van der Waals surface area contributed by atoms with E-state index < -0.39 is 23.7 Å². The molecule has 0 aliphatic carbocycles. The van der Waals surface area contributed by atoms with E-state index in [9.17, 15) is 19.1 Å². The first-order valence-corrected chi connectivity index (χ1v) is 7.05. The average molecular weight is 308 g/mol. The van der Waals surface area contributed by atoms with E-state index in [1.165, 1.54) is 29.5 Å². The monoisotopic (exact) mass is 308 g/mol. The first kappa shape index (κ1) is 15.1. The van der Waals surface area contributed by atoms with Crippen molar-refractivity contribution in [2.75, 3.05) is 11.9 Å². The van der Waals surface area contributed by atoms with E-state index in [1.807, 2.05) is 0 Å². The molecule has 0 aliphatic heterocycles. The lowest BCUT2D eigenvalue weighted by Crippen LogP contribution is -2.37. The van der Waals surface area contributed by atoms with Gasteiger partial charge in [0, 0.05) is 12.2 Å². The molecule has 0 aliphatic rings. The van der Waals surface area contributed by atoms with E-state index >= 15 is 0 Å². The number of halogens is 1. The van der Waals surface area contributed by atoms with Gasteiger partial charge in [0.15, 0.2) is 0 Å². The molecule has 1 aromatic carbocycles. The molecule has 0 spiro atoms. The van der Waals surface area contributed by atoms with E-state index in [4.69, 9.17) is 0 Å². The Kier molecular flexibility index (Phi) is 5.02. The Morgan fingerprint density at radius 3 is 2.76 bits per heavy atom. The van der Waals surface area contributed by atoms with Crippen LogP contribution in [0.2, 0.25) is 0 Å². The molecule has 7 heteroatoms. The van der Waals surface area contributed by atoms with Gasteiger partial charge in [0.2, 0.25) is 0 Å². The van der Waals surface area contributed by atoms with Crippen LogP contribution in [0, 0.1) is 5.82 Å². The normalized spacial score (nSPS) is 11.7. The number of anilines is 1. The number of hydrogen-bond donors (Lipinski definition) is 3. The van der Waals surface area contributed by atoms with Gasteiger partial charge in [-0.1, -0.05) is 6.07 Å². The molecule has 0 bridgehead atoms. The Labute approximate surface area is 124 Å². The molecule has 2 aromatic rings. The van der Waals surface area contributed by atoms with Crippen LogP contribution in [-0.2, 0) is 9.59 Å². The summed E-state index contributed by atoms with van der Waals surface area (Å²) in [5.74, 6) is -2.33. The zero-order chi connectivity index (χ0) is 15.2. The van der Waals surface area contributed by atoms with E-state index in [2.05, 4.69) is 10.6 Å². The minimum Gasteiger partial charge on any atom is -0.387 e. The van der Waals surface area contributed by atoms with Gasteiger partial charge in [-0.05, 0) is 40.6 Å². The summed E-state index contributed by atoms with van der Waals surface area (Å²) in [4.78, 5) is 23.2. The molecule has 21 heavy (non-hydrogen) atoms. The summed E-state index contributed by atoms with van der Waals surface area (Å²) < 4.78 is 12.9. The number of carbonyl (C=O) groups excluding carboxylic acids is 2. The lowest BCUT2D eigenvalue weighted by molar-refractivity contribution is -0.136. The third-order valence-corrected chi connectivity index (χ3v) is 3.37. The molecule has 0 saturated heterocycles. The van der Waals surface area contributed by atoms with E-state index in [0.717, 1.165) is 6.07 Å². The van der Waals surface area contributed by atoms with Crippen molar-refractivity contribution in [1.29, 1.82) is 0 Å². The van der Waals surface area contributed by atoms with Crippen molar-refractivity contribution in [3.63, 3.8) is 0 Å². The van der Waals surface area contributed by atoms with Crippen LogP contribution in [0.15, 0.2) is 41.1 Å². The Bertz CT molecular complexity index is 631. The Morgan fingerprint density at radius 2 is 2.10 bits per heavy atom. The smallest absolute Gasteiger partial charge is 0.313 e. The van der Waals surface area contributed by atoms with Crippen molar-refractivity contribution in [3.8, 4) is 0 Å². The molecule has 0 saturated carbocycles. The van der Waals surface area contributed by atoms with E-state index in [1.54, 1.807) is 16.8 Å². The fourth-order valence-corrected chi connectivity index (χ4v) is 2.31. The first-order chi connectivity index (χ1) is 10.1. The molecule has 1 aromatic heterocycles. The molecule has 110 valence electrons. The van der Waals surface area contributed by atoms with Crippen molar-refractivity contribution in [2.45, 2.75) is 6.10 Å². The molecule has 3 N–H and O–H groups in total. The van der Waals surface area contributed by atoms with Gasteiger partial charge >= 0.3 is 11.8 Å². The maximum absolute atomic E-state index is 12.9. The second kappa shape index (κ2) is 6.96. The summed E-state index contributed by atoms with van der Waals surface area (Å²) in [5.41, 5.74) is 0.861. The molecule has 5 nitrogen and oxygen atoms in total. The lowest BCUT2D eigenvalue weighted by atomic mass is 10.2. The number of thiophene rings is 1. The third-order valence-electron chi connectivity index (χ3n) is 2.67. The predicted molar refractivity (Wildman–Crippen MR) is 77.3 cm³/mol. The molecule has 2 amide bonds. The number of carbonyl (C=O) groups is 2. The fourth-order valence-electron chi connectivity index (χ4n) is 1.61. The number of hydrogen-bond acceptors (Lipinski definition) is 4. The summed E-state index contributed by atoms with van der Waals surface area (Å²) in [6, 6.07) is 6.95. The minimum absolute atomic E-state index is 0.0772. The summed E-state index contributed by atoms with van der Waals surface area (Å²) in [5, 5.41) is 17.9. The quantitative estimate of drug-likeness (QED) is 0.752. The van der Waals surface area contributed by atoms with Gasteiger partial charge in [0.05, 0.1) is 6.10 Å². The average Bonchev–Trinajstić information content (AvgIpc) is 2.98. The Hall–Kier alpha value is -2.25. The van der Waals surface area contributed by atoms with Crippen molar-refractivity contribution in [1.82, 2.24) is 5.32 Å². The lowest BCUT2D eigenvalue weighted by Gasteiger charge is -2.10. The maximum Gasteiger partial charge on any atom is 0.313 e. The molecule has 0 fully saturated rings. The topological polar surface area (TPSA) is 78.4 Å². The van der Waals surface area contributed by atoms with E-state index in [-0.39, 0.29) is 12.2 Å². The van der Waals surface area contributed by atoms with Crippen molar-refractivity contribution >= 4 is 28.8 Å². The van der Waals surface area contributed by atoms with Crippen LogP contribution in [0.25, 0.3) is 0 Å². The van der Waals surface area contributed by atoms with Crippen molar-refractivity contribution < 1.29 is 19.1 Å². The van der Waals surface area contributed by atoms with Gasteiger partial charge in [0.1, 0.15) is 5.82 Å². The van der Waals surface area contributed by atoms with Gasteiger partial charge in [0.25, 0.3) is 0 Å². The van der Waals surface area contributed by atoms with Crippen LogP contribution in [-0.4, -0.2) is 23.5 Å². The number of aliphatic hydroxyl groups is 1. The number of amides is 2. The van der Waals surface area contributed by atoms with E-state index in [0.29, 0.717) is 5.56 Å².